The number of carboxylic acid groups (broad SMARTS) is 1. The largest absolute Gasteiger partial charge is 0.478 e. The minimum absolute atomic E-state index is 0.190. The lowest BCUT2D eigenvalue weighted by Gasteiger charge is -2.08. The van der Waals surface area contributed by atoms with E-state index < -0.39 is 5.97 Å². The molecule has 26 heavy (non-hydrogen) atoms. The smallest absolute Gasteiger partial charge is 0.336 e. The van der Waals surface area contributed by atoms with Crippen molar-refractivity contribution in [2.75, 3.05) is 12.1 Å². The van der Waals surface area contributed by atoms with Gasteiger partial charge in [0, 0.05) is 28.6 Å². The average molecular weight is 406 g/mol. The van der Waals surface area contributed by atoms with Gasteiger partial charge in [-0.1, -0.05) is 41.4 Å². The van der Waals surface area contributed by atoms with Gasteiger partial charge in [-0.3, -0.25) is 0 Å². The number of benzene rings is 2. The van der Waals surface area contributed by atoms with Crippen LogP contribution in [0.25, 0.3) is 11.3 Å². The molecule has 3 aromatic rings. The molecule has 3 rings (SSSR count). The van der Waals surface area contributed by atoms with Crippen LogP contribution in [-0.2, 0) is 0 Å². The number of aromatic nitrogens is 1. The molecule has 0 unspecified atom stereocenters. The van der Waals surface area contributed by atoms with Gasteiger partial charge in [0.2, 0.25) is 5.13 Å². The van der Waals surface area contributed by atoms with Crippen LogP contribution in [0.4, 0.5) is 5.13 Å². The first-order valence-corrected chi connectivity index (χ1v) is 9.10. The standard InChI is InChI=1S/C18H13Cl2N3O2S/c1-23(21-9-11-4-2-3-5-13(11)17(24)25)18-22-16(10-26-18)14-8-12(19)6-7-15(14)20/h2-10H,1H3,(H,24,25)/b21-9+. The van der Waals surface area contributed by atoms with Crippen LogP contribution in [0.2, 0.25) is 10.0 Å². The molecular formula is C18H13Cl2N3O2S. The Morgan fingerprint density at radius 3 is 2.81 bits per heavy atom. The van der Waals surface area contributed by atoms with Gasteiger partial charge < -0.3 is 5.11 Å². The van der Waals surface area contributed by atoms with Gasteiger partial charge in [0.15, 0.2) is 0 Å². The molecule has 5 nitrogen and oxygen atoms in total. The van der Waals surface area contributed by atoms with Crippen LogP contribution in [0.5, 0.6) is 0 Å². The second kappa shape index (κ2) is 7.86. The van der Waals surface area contributed by atoms with Gasteiger partial charge in [0.1, 0.15) is 0 Å². The number of thiazole rings is 1. The fourth-order valence-electron chi connectivity index (χ4n) is 2.23. The predicted octanol–water partition coefficient (Wildman–Crippen LogP) is 5.29. The Kier molecular flexibility index (Phi) is 5.56. The Labute approximate surface area is 164 Å². The van der Waals surface area contributed by atoms with E-state index in [2.05, 4.69) is 10.1 Å². The zero-order valence-electron chi connectivity index (χ0n) is 13.6. The highest BCUT2D eigenvalue weighted by atomic mass is 35.5. The maximum Gasteiger partial charge on any atom is 0.336 e. The molecule has 8 heteroatoms. The minimum Gasteiger partial charge on any atom is -0.478 e. The number of carboxylic acids is 1. The number of rotatable bonds is 5. The van der Waals surface area contributed by atoms with Crippen molar-refractivity contribution in [1.29, 1.82) is 0 Å². The number of nitrogens with zero attached hydrogens (tertiary/aromatic N) is 3. The van der Waals surface area contributed by atoms with E-state index in [-0.39, 0.29) is 5.56 Å². The minimum atomic E-state index is -0.998. The number of hydrogen-bond acceptors (Lipinski definition) is 5. The highest BCUT2D eigenvalue weighted by Gasteiger charge is 2.12. The van der Waals surface area contributed by atoms with Crippen LogP contribution in [0, 0.1) is 0 Å². The molecule has 0 fully saturated rings. The molecule has 0 aliphatic rings. The maximum absolute atomic E-state index is 11.2. The van der Waals surface area contributed by atoms with E-state index in [1.54, 1.807) is 48.5 Å². The van der Waals surface area contributed by atoms with Crippen molar-refractivity contribution in [3.05, 3.63) is 69.0 Å². The van der Waals surface area contributed by atoms with E-state index in [1.807, 2.05) is 5.38 Å². The second-order valence-electron chi connectivity index (χ2n) is 5.30. The molecule has 2 aromatic carbocycles. The van der Waals surface area contributed by atoms with Crippen molar-refractivity contribution < 1.29 is 9.90 Å². The molecule has 1 aromatic heterocycles. The van der Waals surface area contributed by atoms with Crippen LogP contribution < -0.4 is 5.01 Å². The molecule has 0 saturated carbocycles. The Bertz CT molecular complexity index is 988. The van der Waals surface area contributed by atoms with Gasteiger partial charge in [-0.15, -0.1) is 11.3 Å². The lowest BCUT2D eigenvalue weighted by molar-refractivity contribution is 0.0697. The number of anilines is 1. The van der Waals surface area contributed by atoms with E-state index in [4.69, 9.17) is 23.2 Å². The van der Waals surface area contributed by atoms with E-state index >= 15 is 0 Å². The zero-order chi connectivity index (χ0) is 18.7. The Morgan fingerprint density at radius 1 is 1.27 bits per heavy atom. The third-order valence-electron chi connectivity index (χ3n) is 3.53. The van der Waals surface area contributed by atoms with E-state index in [1.165, 1.54) is 23.6 Å². The number of hydrazone groups is 1. The summed E-state index contributed by atoms with van der Waals surface area (Å²) in [6.07, 6.45) is 1.50. The Hall–Kier alpha value is -2.41. The molecule has 0 amide bonds. The number of halogens is 2. The zero-order valence-corrected chi connectivity index (χ0v) is 15.9. The van der Waals surface area contributed by atoms with Crippen LogP contribution >= 0.6 is 34.5 Å². The normalized spacial score (nSPS) is 11.0. The monoisotopic (exact) mass is 405 g/mol. The van der Waals surface area contributed by atoms with Crippen molar-refractivity contribution in [2.24, 2.45) is 5.10 Å². The van der Waals surface area contributed by atoms with Gasteiger partial charge in [-0.2, -0.15) is 5.10 Å². The summed E-state index contributed by atoms with van der Waals surface area (Å²) in [6, 6.07) is 11.9. The summed E-state index contributed by atoms with van der Waals surface area (Å²) < 4.78 is 0. The molecule has 1 heterocycles. The van der Waals surface area contributed by atoms with Crippen molar-refractivity contribution in [3.8, 4) is 11.3 Å². The number of carbonyl (C=O) groups is 1. The van der Waals surface area contributed by atoms with Gasteiger partial charge in [0.25, 0.3) is 0 Å². The van der Waals surface area contributed by atoms with Gasteiger partial charge in [0.05, 0.1) is 22.5 Å². The molecule has 0 aliphatic heterocycles. The third-order valence-corrected chi connectivity index (χ3v) is 5.01. The Morgan fingerprint density at radius 2 is 2.04 bits per heavy atom. The number of hydrogen-bond donors (Lipinski definition) is 1. The molecule has 0 saturated heterocycles. The van der Waals surface area contributed by atoms with Crippen LogP contribution in [0.3, 0.4) is 0 Å². The molecule has 0 aliphatic carbocycles. The fourth-order valence-corrected chi connectivity index (χ4v) is 3.37. The average Bonchev–Trinajstić information content (AvgIpc) is 3.12. The van der Waals surface area contributed by atoms with Crippen LogP contribution in [0.1, 0.15) is 15.9 Å². The second-order valence-corrected chi connectivity index (χ2v) is 6.98. The molecule has 132 valence electrons. The SMILES string of the molecule is CN(/N=C/c1ccccc1C(=O)O)c1nc(-c2cc(Cl)ccc2Cl)cs1. The first kappa shape index (κ1) is 18.4. The van der Waals surface area contributed by atoms with Gasteiger partial charge in [-0.05, 0) is 24.3 Å². The predicted molar refractivity (Wildman–Crippen MR) is 107 cm³/mol. The lowest BCUT2D eigenvalue weighted by Crippen LogP contribution is -2.09. The summed E-state index contributed by atoms with van der Waals surface area (Å²) >= 11 is 13.6. The summed E-state index contributed by atoms with van der Waals surface area (Å²) in [7, 11) is 1.74. The molecule has 0 atom stereocenters. The summed E-state index contributed by atoms with van der Waals surface area (Å²) in [5.74, 6) is -0.998. The van der Waals surface area contributed by atoms with Gasteiger partial charge in [-0.25, -0.2) is 14.8 Å². The first-order chi connectivity index (χ1) is 12.5. The molecular weight excluding hydrogens is 393 g/mol. The Balaban J connectivity index is 1.84. The van der Waals surface area contributed by atoms with Crippen molar-refractivity contribution in [3.63, 3.8) is 0 Å². The van der Waals surface area contributed by atoms with Crippen LogP contribution in [-0.4, -0.2) is 29.3 Å². The van der Waals surface area contributed by atoms with Crippen molar-refractivity contribution in [2.45, 2.75) is 0 Å². The molecule has 1 N–H and O–H groups in total. The van der Waals surface area contributed by atoms with Crippen molar-refractivity contribution >= 4 is 51.9 Å². The summed E-state index contributed by atoms with van der Waals surface area (Å²) in [6.45, 7) is 0. The highest BCUT2D eigenvalue weighted by molar-refractivity contribution is 7.14. The topological polar surface area (TPSA) is 65.8 Å². The van der Waals surface area contributed by atoms with E-state index in [0.717, 1.165) is 5.56 Å². The van der Waals surface area contributed by atoms with Crippen LogP contribution in [0.15, 0.2) is 52.9 Å². The quantitative estimate of drug-likeness (QED) is 0.462. The summed E-state index contributed by atoms with van der Waals surface area (Å²) in [5, 5.41) is 18.7. The van der Waals surface area contributed by atoms with Gasteiger partial charge >= 0.3 is 5.97 Å². The third kappa shape index (κ3) is 4.04. The lowest BCUT2D eigenvalue weighted by atomic mass is 10.1. The highest BCUT2D eigenvalue weighted by Crippen LogP contribution is 2.33. The summed E-state index contributed by atoms with van der Waals surface area (Å²) in [4.78, 5) is 15.8. The first-order valence-electron chi connectivity index (χ1n) is 7.46. The van der Waals surface area contributed by atoms with Crippen molar-refractivity contribution in [1.82, 2.24) is 4.98 Å². The van der Waals surface area contributed by atoms with E-state index in [9.17, 15) is 9.90 Å². The molecule has 0 radical (unpaired) electrons. The summed E-state index contributed by atoms with van der Waals surface area (Å²) in [5.41, 5.74) is 2.15. The fraction of sp³-hybridized carbons (Fsp3) is 0.0556. The maximum atomic E-state index is 11.2. The van der Waals surface area contributed by atoms with E-state index in [0.29, 0.717) is 26.4 Å². The molecule has 0 spiro atoms. The number of aromatic carboxylic acids is 1. The molecule has 0 bridgehead atoms.